The average molecular weight is 419 g/mol. The van der Waals surface area contributed by atoms with Crippen LogP contribution in [0.2, 0.25) is 0 Å². The molecule has 1 fully saturated rings. The van der Waals surface area contributed by atoms with Crippen molar-refractivity contribution in [2.45, 2.75) is 59.4 Å². The summed E-state index contributed by atoms with van der Waals surface area (Å²) in [4.78, 5) is 15.7. The van der Waals surface area contributed by atoms with Crippen molar-refractivity contribution in [2.75, 3.05) is 19.6 Å². The van der Waals surface area contributed by atoms with Crippen LogP contribution in [0.5, 0.6) is 0 Å². The lowest BCUT2D eigenvalue weighted by molar-refractivity contribution is 0.0907. The second-order valence-electron chi connectivity index (χ2n) is 9.08. The van der Waals surface area contributed by atoms with Gasteiger partial charge in [-0.3, -0.25) is 9.69 Å². The van der Waals surface area contributed by atoms with Gasteiger partial charge in [0, 0.05) is 17.5 Å². The van der Waals surface area contributed by atoms with Gasteiger partial charge >= 0.3 is 0 Å². The van der Waals surface area contributed by atoms with Gasteiger partial charge in [-0.05, 0) is 82.4 Å². The Bertz CT molecular complexity index is 1060. The molecule has 3 aromatic rings. The van der Waals surface area contributed by atoms with E-state index in [0.717, 1.165) is 29.6 Å². The van der Waals surface area contributed by atoms with Gasteiger partial charge in [-0.2, -0.15) is 0 Å². The molecule has 4 nitrogen and oxygen atoms in total. The molecule has 1 saturated heterocycles. The Hall–Kier alpha value is -2.59. The standard InChI is InChI=1S/C27H34N2O2/c1-18-9-11-22(12-10-18)24(29-13-7-5-6-8-14-29)17-28-27(30)26-21(4)23-15-19(2)20(3)16-25(23)31-26/h9-12,15-16,24H,5-8,13-14,17H2,1-4H3,(H,28,30)/t24-/m1/s1. The molecule has 1 aliphatic heterocycles. The number of likely N-dealkylation sites (tertiary alicyclic amines) is 1. The van der Waals surface area contributed by atoms with E-state index in [1.165, 1.54) is 47.9 Å². The Kier molecular flexibility index (Phi) is 6.47. The lowest BCUT2D eigenvalue weighted by atomic mass is 10.0. The highest BCUT2D eigenvalue weighted by molar-refractivity contribution is 5.99. The highest BCUT2D eigenvalue weighted by Gasteiger charge is 2.24. The van der Waals surface area contributed by atoms with E-state index in [-0.39, 0.29) is 11.9 Å². The highest BCUT2D eigenvalue weighted by atomic mass is 16.3. The van der Waals surface area contributed by atoms with Crippen molar-refractivity contribution >= 4 is 16.9 Å². The lowest BCUT2D eigenvalue weighted by Crippen LogP contribution is -2.38. The molecule has 164 valence electrons. The minimum atomic E-state index is -0.129. The van der Waals surface area contributed by atoms with Crippen LogP contribution in [-0.2, 0) is 0 Å². The van der Waals surface area contributed by atoms with Crippen LogP contribution < -0.4 is 5.32 Å². The maximum atomic E-state index is 13.1. The van der Waals surface area contributed by atoms with Gasteiger partial charge in [-0.15, -0.1) is 0 Å². The third-order valence-corrected chi connectivity index (χ3v) is 6.76. The molecular weight excluding hydrogens is 384 g/mol. The second kappa shape index (κ2) is 9.27. The number of carbonyl (C=O) groups is 1. The van der Waals surface area contributed by atoms with Crippen LogP contribution in [0.3, 0.4) is 0 Å². The van der Waals surface area contributed by atoms with E-state index >= 15 is 0 Å². The zero-order valence-corrected chi connectivity index (χ0v) is 19.3. The predicted molar refractivity (Wildman–Crippen MR) is 127 cm³/mol. The molecule has 0 unspecified atom stereocenters. The van der Waals surface area contributed by atoms with Crippen molar-refractivity contribution in [3.8, 4) is 0 Å². The summed E-state index contributed by atoms with van der Waals surface area (Å²) in [7, 11) is 0. The molecule has 4 heteroatoms. The van der Waals surface area contributed by atoms with Gasteiger partial charge in [0.1, 0.15) is 5.58 Å². The first kappa shape index (κ1) is 21.6. The fourth-order valence-corrected chi connectivity index (χ4v) is 4.62. The van der Waals surface area contributed by atoms with E-state index in [1.807, 2.05) is 13.0 Å². The third kappa shape index (κ3) is 4.69. The number of hydrogen-bond acceptors (Lipinski definition) is 3. The quantitative estimate of drug-likeness (QED) is 0.551. The number of nitrogens with zero attached hydrogens (tertiary/aromatic N) is 1. The summed E-state index contributed by atoms with van der Waals surface area (Å²) >= 11 is 0. The van der Waals surface area contributed by atoms with Crippen LogP contribution in [0, 0.1) is 27.7 Å². The van der Waals surface area contributed by atoms with Crippen molar-refractivity contribution in [2.24, 2.45) is 0 Å². The smallest absolute Gasteiger partial charge is 0.287 e. The van der Waals surface area contributed by atoms with Gasteiger partial charge in [0.05, 0.1) is 6.04 Å². The van der Waals surface area contributed by atoms with E-state index in [0.29, 0.717) is 12.3 Å². The van der Waals surface area contributed by atoms with Crippen molar-refractivity contribution in [1.29, 1.82) is 0 Å². The molecule has 2 aromatic carbocycles. The second-order valence-corrected chi connectivity index (χ2v) is 9.08. The van der Waals surface area contributed by atoms with Gasteiger partial charge in [0.25, 0.3) is 5.91 Å². The summed E-state index contributed by atoms with van der Waals surface area (Å²) in [5.41, 5.74) is 6.61. The molecule has 0 radical (unpaired) electrons. The Balaban J connectivity index is 1.56. The fourth-order valence-electron chi connectivity index (χ4n) is 4.62. The summed E-state index contributed by atoms with van der Waals surface area (Å²) in [6, 6.07) is 13.1. The first-order chi connectivity index (χ1) is 14.9. The van der Waals surface area contributed by atoms with Crippen molar-refractivity contribution in [3.63, 3.8) is 0 Å². The normalized spacial score (nSPS) is 16.3. The fraction of sp³-hybridized carbons (Fsp3) is 0.444. The zero-order valence-electron chi connectivity index (χ0n) is 19.3. The highest BCUT2D eigenvalue weighted by Crippen LogP contribution is 2.29. The maximum Gasteiger partial charge on any atom is 0.287 e. The molecule has 0 aliphatic carbocycles. The summed E-state index contributed by atoms with van der Waals surface area (Å²) in [5.74, 6) is 0.300. The zero-order chi connectivity index (χ0) is 22.0. The molecule has 4 rings (SSSR count). The SMILES string of the molecule is Cc1ccc([C@@H](CNC(=O)c2oc3cc(C)c(C)cc3c2C)N2CCCCCC2)cc1. The molecule has 1 aromatic heterocycles. The number of benzene rings is 2. The molecule has 1 aliphatic rings. The molecule has 0 spiro atoms. The monoisotopic (exact) mass is 418 g/mol. The van der Waals surface area contributed by atoms with Crippen LogP contribution in [0.1, 0.15) is 70.1 Å². The van der Waals surface area contributed by atoms with Crippen molar-refractivity contribution in [1.82, 2.24) is 10.2 Å². The van der Waals surface area contributed by atoms with Crippen LogP contribution in [0.25, 0.3) is 11.0 Å². The molecule has 31 heavy (non-hydrogen) atoms. The number of rotatable bonds is 5. The molecular formula is C27H34N2O2. The first-order valence-electron chi connectivity index (χ1n) is 11.5. The molecule has 1 amide bonds. The van der Waals surface area contributed by atoms with Gasteiger partial charge in [-0.25, -0.2) is 0 Å². The van der Waals surface area contributed by atoms with Gasteiger partial charge in [-0.1, -0.05) is 42.7 Å². The predicted octanol–water partition coefficient (Wildman–Crippen LogP) is 6.01. The maximum absolute atomic E-state index is 13.1. The van der Waals surface area contributed by atoms with Crippen LogP contribution in [-0.4, -0.2) is 30.4 Å². The first-order valence-corrected chi connectivity index (χ1v) is 11.5. The topological polar surface area (TPSA) is 45.5 Å². The van der Waals surface area contributed by atoms with Crippen LogP contribution in [0.15, 0.2) is 40.8 Å². The lowest BCUT2D eigenvalue weighted by Gasteiger charge is -2.31. The Morgan fingerprint density at radius 1 is 0.968 bits per heavy atom. The largest absolute Gasteiger partial charge is 0.451 e. The van der Waals surface area contributed by atoms with Gasteiger partial charge in [0.15, 0.2) is 5.76 Å². The number of hydrogen-bond donors (Lipinski definition) is 1. The minimum Gasteiger partial charge on any atom is -0.451 e. The Labute approximate surface area is 185 Å². The van der Waals surface area contributed by atoms with Crippen molar-refractivity contribution in [3.05, 3.63) is 70.0 Å². The molecule has 0 bridgehead atoms. The number of carbonyl (C=O) groups excluding carboxylic acids is 1. The van der Waals surface area contributed by atoms with Crippen LogP contribution >= 0.6 is 0 Å². The summed E-state index contributed by atoms with van der Waals surface area (Å²) in [6.07, 6.45) is 5.02. The summed E-state index contributed by atoms with van der Waals surface area (Å²) < 4.78 is 5.99. The number of aryl methyl sites for hydroxylation is 4. The summed E-state index contributed by atoms with van der Waals surface area (Å²) in [6.45, 7) is 11.0. The molecule has 1 N–H and O–H groups in total. The third-order valence-electron chi connectivity index (χ3n) is 6.76. The van der Waals surface area contributed by atoms with E-state index in [1.54, 1.807) is 0 Å². The number of nitrogens with one attached hydrogen (secondary N) is 1. The molecule has 1 atom stereocenters. The van der Waals surface area contributed by atoms with Gasteiger partial charge < -0.3 is 9.73 Å². The summed E-state index contributed by atoms with van der Waals surface area (Å²) in [5, 5.41) is 4.21. The van der Waals surface area contributed by atoms with Crippen molar-refractivity contribution < 1.29 is 9.21 Å². The van der Waals surface area contributed by atoms with E-state index in [2.05, 4.69) is 61.3 Å². The minimum absolute atomic E-state index is 0.129. The van der Waals surface area contributed by atoms with E-state index in [4.69, 9.17) is 4.42 Å². The van der Waals surface area contributed by atoms with Gasteiger partial charge in [0.2, 0.25) is 0 Å². The number of fused-ring (bicyclic) bond motifs is 1. The van der Waals surface area contributed by atoms with E-state index in [9.17, 15) is 4.79 Å². The van der Waals surface area contributed by atoms with E-state index < -0.39 is 0 Å². The Morgan fingerprint density at radius 3 is 2.29 bits per heavy atom. The number of amides is 1. The molecule has 2 heterocycles. The van der Waals surface area contributed by atoms with Crippen LogP contribution in [0.4, 0.5) is 0 Å². The number of furan rings is 1. The molecule has 0 saturated carbocycles. The average Bonchev–Trinajstić information content (AvgIpc) is 2.93. The Morgan fingerprint density at radius 2 is 1.61 bits per heavy atom.